The lowest BCUT2D eigenvalue weighted by Crippen LogP contribution is -2.35. The van der Waals surface area contributed by atoms with E-state index in [1.165, 1.54) is 23.2 Å². The highest BCUT2D eigenvalue weighted by Gasteiger charge is 2.29. The molecule has 1 aliphatic carbocycles. The maximum Gasteiger partial charge on any atom is 0.272 e. The molecule has 5 rings (SSSR count). The number of carbonyl (C=O) groups is 1. The van der Waals surface area contributed by atoms with Crippen LogP contribution in [0.2, 0.25) is 0 Å². The van der Waals surface area contributed by atoms with Gasteiger partial charge in [-0.05, 0) is 25.0 Å². The molecular weight excluding hydrogens is 370 g/mol. The molecule has 0 bridgehead atoms. The number of hydrogen-bond acceptors (Lipinski definition) is 5. The predicted octanol–water partition coefficient (Wildman–Crippen LogP) is 3.26. The molecule has 2 aromatic heterocycles. The summed E-state index contributed by atoms with van der Waals surface area (Å²) in [6.45, 7) is 2.54. The summed E-state index contributed by atoms with van der Waals surface area (Å²) in [6, 6.07) is 8.59. The summed E-state index contributed by atoms with van der Waals surface area (Å²) < 4.78 is 3.13. The third-order valence-electron chi connectivity index (χ3n) is 5.92. The van der Waals surface area contributed by atoms with Crippen LogP contribution in [0.25, 0.3) is 10.2 Å². The summed E-state index contributed by atoms with van der Waals surface area (Å²) in [7, 11) is 1.95. The molecule has 3 aromatic rings. The number of thiazole rings is 1. The second kappa shape index (κ2) is 7.29. The van der Waals surface area contributed by atoms with E-state index in [-0.39, 0.29) is 5.91 Å². The molecule has 0 atom stereocenters. The van der Waals surface area contributed by atoms with Crippen molar-refractivity contribution in [2.24, 2.45) is 7.05 Å². The number of hydrogen-bond donors (Lipinski definition) is 1. The van der Waals surface area contributed by atoms with Gasteiger partial charge in [0.25, 0.3) is 5.91 Å². The van der Waals surface area contributed by atoms with Crippen molar-refractivity contribution < 1.29 is 4.79 Å². The molecule has 0 radical (unpaired) electrons. The first-order valence-electron chi connectivity index (χ1n) is 10.1. The van der Waals surface area contributed by atoms with Crippen LogP contribution in [0.4, 0.5) is 0 Å². The van der Waals surface area contributed by atoms with Gasteiger partial charge in [0.15, 0.2) is 5.69 Å². The summed E-state index contributed by atoms with van der Waals surface area (Å²) in [6.07, 6.45) is 5.51. The molecule has 3 heterocycles. The lowest BCUT2D eigenvalue weighted by atomic mass is 10.0. The van der Waals surface area contributed by atoms with Crippen molar-refractivity contribution in [3.05, 3.63) is 46.2 Å². The van der Waals surface area contributed by atoms with E-state index in [0.29, 0.717) is 11.7 Å². The molecule has 1 aromatic carbocycles. The van der Waals surface area contributed by atoms with E-state index in [1.807, 2.05) is 17.8 Å². The molecule has 1 N–H and O–H groups in total. The molecule has 0 spiro atoms. The highest BCUT2D eigenvalue weighted by Crippen LogP contribution is 2.27. The van der Waals surface area contributed by atoms with Gasteiger partial charge in [0.2, 0.25) is 0 Å². The Hall–Kier alpha value is -2.25. The zero-order valence-corrected chi connectivity index (χ0v) is 17.0. The maximum absolute atomic E-state index is 12.9. The quantitative estimate of drug-likeness (QED) is 0.737. The Morgan fingerprint density at radius 2 is 2.11 bits per heavy atom. The number of rotatable bonds is 4. The van der Waals surface area contributed by atoms with Gasteiger partial charge in [0.1, 0.15) is 5.01 Å². The molecule has 0 unspecified atom stereocenters. The first-order chi connectivity index (χ1) is 13.7. The van der Waals surface area contributed by atoms with Crippen molar-refractivity contribution in [3.63, 3.8) is 0 Å². The molecule has 2 aliphatic rings. The van der Waals surface area contributed by atoms with E-state index in [0.717, 1.165) is 55.0 Å². The summed E-state index contributed by atoms with van der Waals surface area (Å²) in [5.74, 6) is -0.00872. The third kappa shape index (κ3) is 3.33. The molecule has 28 heavy (non-hydrogen) atoms. The minimum atomic E-state index is -0.00872. The molecule has 1 aliphatic heterocycles. The number of aryl methyl sites for hydroxylation is 1. The van der Waals surface area contributed by atoms with Crippen molar-refractivity contribution in [3.8, 4) is 0 Å². The van der Waals surface area contributed by atoms with Gasteiger partial charge >= 0.3 is 0 Å². The van der Waals surface area contributed by atoms with Gasteiger partial charge in [0, 0.05) is 43.9 Å². The predicted molar refractivity (Wildman–Crippen MR) is 110 cm³/mol. The highest BCUT2D eigenvalue weighted by molar-refractivity contribution is 7.18. The summed E-state index contributed by atoms with van der Waals surface area (Å²) in [4.78, 5) is 20.0. The average molecular weight is 396 g/mol. The Labute approximate surface area is 168 Å². The zero-order valence-electron chi connectivity index (χ0n) is 16.1. The van der Waals surface area contributed by atoms with E-state index >= 15 is 0 Å². The van der Waals surface area contributed by atoms with Crippen LogP contribution in [-0.2, 0) is 26.6 Å². The Morgan fingerprint density at radius 3 is 2.93 bits per heavy atom. The van der Waals surface area contributed by atoms with Crippen molar-refractivity contribution in [1.29, 1.82) is 0 Å². The third-order valence-corrected chi connectivity index (χ3v) is 6.95. The van der Waals surface area contributed by atoms with E-state index in [2.05, 4.69) is 33.5 Å². The minimum Gasteiger partial charge on any atom is -0.348 e. The fourth-order valence-corrected chi connectivity index (χ4v) is 5.48. The van der Waals surface area contributed by atoms with Crippen LogP contribution in [0.3, 0.4) is 0 Å². The van der Waals surface area contributed by atoms with E-state index in [9.17, 15) is 4.79 Å². The maximum atomic E-state index is 12.9. The minimum absolute atomic E-state index is 0.00872. The lowest BCUT2D eigenvalue weighted by molar-refractivity contribution is 0.0929. The van der Waals surface area contributed by atoms with Gasteiger partial charge in [-0.1, -0.05) is 25.0 Å². The zero-order chi connectivity index (χ0) is 19.1. The monoisotopic (exact) mass is 395 g/mol. The molecule has 6 nitrogen and oxygen atoms in total. The second-order valence-electron chi connectivity index (χ2n) is 7.89. The first kappa shape index (κ1) is 17.8. The van der Waals surface area contributed by atoms with Gasteiger partial charge < -0.3 is 5.32 Å². The fourth-order valence-electron chi connectivity index (χ4n) is 4.47. The largest absolute Gasteiger partial charge is 0.348 e. The van der Waals surface area contributed by atoms with Crippen LogP contribution < -0.4 is 5.32 Å². The van der Waals surface area contributed by atoms with Gasteiger partial charge in [-0.3, -0.25) is 14.4 Å². The van der Waals surface area contributed by atoms with Crippen LogP contribution in [0.1, 0.15) is 52.4 Å². The number of aromatic nitrogens is 3. The Morgan fingerprint density at radius 1 is 1.29 bits per heavy atom. The van der Waals surface area contributed by atoms with Crippen molar-refractivity contribution in [2.75, 3.05) is 6.54 Å². The number of carbonyl (C=O) groups excluding carboxylic acids is 1. The number of nitrogens with one attached hydrogen (secondary N) is 1. The fraction of sp³-hybridized carbons (Fsp3) is 0.476. The SMILES string of the molecule is Cn1nc(C(=O)NC2CCCC2)c2c1CCN(Cc1nc3ccccc3s1)C2. The standard InChI is InChI=1S/C21H25N5OS/c1-25-17-10-11-26(13-19-23-16-8-4-5-9-18(16)28-19)12-15(17)20(24-25)21(27)22-14-6-2-3-7-14/h4-5,8-9,14H,2-3,6-7,10-13H2,1H3,(H,22,27). The van der Waals surface area contributed by atoms with E-state index in [4.69, 9.17) is 4.98 Å². The number of para-hydroxylation sites is 1. The molecule has 7 heteroatoms. The second-order valence-corrected chi connectivity index (χ2v) is 9.00. The lowest BCUT2D eigenvalue weighted by Gasteiger charge is -2.26. The number of nitrogens with zero attached hydrogens (tertiary/aromatic N) is 4. The number of benzene rings is 1. The molecule has 0 saturated heterocycles. The van der Waals surface area contributed by atoms with Crippen LogP contribution in [0.5, 0.6) is 0 Å². The Bertz CT molecular complexity index is 984. The van der Waals surface area contributed by atoms with Gasteiger partial charge in [-0.2, -0.15) is 5.10 Å². The van der Waals surface area contributed by atoms with E-state index < -0.39 is 0 Å². The van der Waals surface area contributed by atoms with Crippen LogP contribution in [-0.4, -0.2) is 38.2 Å². The average Bonchev–Trinajstić information content (AvgIpc) is 3.40. The Kier molecular flexibility index (Phi) is 4.64. The summed E-state index contributed by atoms with van der Waals surface area (Å²) in [5, 5.41) is 8.90. The van der Waals surface area contributed by atoms with Crippen LogP contribution in [0, 0.1) is 0 Å². The van der Waals surface area contributed by atoms with Crippen molar-refractivity contribution in [1.82, 2.24) is 25.0 Å². The molecule has 1 saturated carbocycles. The van der Waals surface area contributed by atoms with Crippen molar-refractivity contribution >= 4 is 27.5 Å². The van der Waals surface area contributed by atoms with Gasteiger partial charge in [-0.25, -0.2) is 4.98 Å². The van der Waals surface area contributed by atoms with Crippen LogP contribution >= 0.6 is 11.3 Å². The number of amides is 1. The smallest absolute Gasteiger partial charge is 0.272 e. The van der Waals surface area contributed by atoms with Gasteiger partial charge in [-0.15, -0.1) is 11.3 Å². The Balaban J connectivity index is 1.34. The molecule has 146 valence electrons. The molecule has 1 amide bonds. The molecular formula is C21H25N5OS. The molecule has 1 fully saturated rings. The van der Waals surface area contributed by atoms with Gasteiger partial charge in [0.05, 0.1) is 16.8 Å². The normalized spacial score (nSPS) is 17.9. The number of fused-ring (bicyclic) bond motifs is 2. The highest BCUT2D eigenvalue weighted by atomic mass is 32.1. The van der Waals surface area contributed by atoms with E-state index in [1.54, 1.807) is 11.3 Å². The van der Waals surface area contributed by atoms with Crippen LogP contribution in [0.15, 0.2) is 24.3 Å². The van der Waals surface area contributed by atoms with Crippen molar-refractivity contribution in [2.45, 2.75) is 51.2 Å². The summed E-state index contributed by atoms with van der Waals surface area (Å²) >= 11 is 1.76. The topological polar surface area (TPSA) is 63.1 Å². The summed E-state index contributed by atoms with van der Waals surface area (Å²) in [5.41, 5.74) is 3.96. The first-order valence-corrected chi connectivity index (χ1v) is 10.9.